The number of nitro groups is 2. The van der Waals surface area contributed by atoms with Gasteiger partial charge >= 0.3 is 11.7 Å². The van der Waals surface area contributed by atoms with Crippen molar-refractivity contribution < 1.29 is 25.0 Å². The topological polar surface area (TPSA) is 180 Å². The van der Waals surface area contributed by atoms with E-state index >= 15 is 0 Å². The summed E-state index contributed by atoms with van der Waals surface area (Å²) in [5.74, 6) is -0.851. The molecule has 0 saturated heterocycles. The van der Waals surface area contributed by atoms with Crippen LogP contribution in [0.15, 0.2) is 17.2 Å². The van der Waals surface area contributed by atoms with Gasteiger partial charge in [0, 0.05) is 6.07 Å². The zero-order chi connectivity index (χ0) is 15.3. The first-order chi connectivity index (χ1) is 9.36. The molecule has 1 aromatic rings. The first kappa shape index (κ1) is 14.8. The number of hydrogen-bond acceptors (Lipinski definition) is 8. The standard InChI is InChI=1S/C8H7N5O7/c14-7-4(3-9-10-8(15)11-16)1-5(12(17)18)2-6(7)13(19)20/h1-3,14,16H,(H2,10,11,15)/b9-3+. The molecule has 0 aliphatic heterocycles. The monoisotopic (exact) mass is 285 g/mol. The van der Waals surface area contributed by atoms with E-state index < -0.39 is 33.0 Å². The van der Waals surface area contributed by atoms with Crippen LogP contribution < -0.4 is 10.9 Å². The number of hydrazone groups is 1. The van der Waals surface area contributed by atoms with Gasteiger partial charge in [0.15, 0.2) is 0 Å². The molecule has 0 radical (unpaired) electrons. The van der Waals surface area contributed by atoms with Crippen molar-refractivity contribution in [3.05, 3.63) is 37.9 Å². The van der Waals surface area contributed by atoms with Gasteiger partial charge in [0.2, 0.25) is 5.75 Å². The fourth-order valence-electron chi connectivity index (χ4n) is 1.15. The third-order valence-electron chi connectivity index (χ3n) is 1.98. The summed E-state index contributed by atoms with van der Waals surface area (Å²) in [6.45, 7) is 0. The molecule has 0 aliphatic rings. The molecule has 1 rings (SSSR count). The molecule has 0 unspecified atom stereocenters. The Morgan fingerprint density at radius 2 is 1.95 bits per heavy atom. The van der Waals surface area contributed by atoms with Gasteiger partial charge in [0.25, 0.3) is 5.69 Å². The van der Waals surface area contributed by atoms with Gasteiger partial charge in [-0.15, -0.1) is 0 Å². The molecule has 4 N–H and O–H groups in total. The number of hydrogen-bond donors (Lipinski definition) is 4. The van der Waals surface area contributed by atoms with Crippen molar-refractivity contribution in [3.63, 3.8) is 0 Å². The Balaban J connectivity index is 3.20. The van der Waals surface area contributed by atoms with Crippen molar-refractivity contribution in [2.75, 3.05) is 0 Å². The molecule has 0 saturated carbocycles. The summed E-state index contributed by atoms with van der Waals surface area (Å²) in [7, 11) is 0. The van der Waals surface area contributed by atoms with Crippen molar-refractivity contribution >= 4 is 23.6 Å². The summed E-state index contributed by atoms with van der Waals surface area (Å²) >= 11 is 0. The third kappa shape index (κ3) is 3.36. The number of aromatic hydroxyl groups is 1. The minimum Gasteiger partial charge on any atom is -0.502 e. The molecule has 2 amide bonds. The average molecular weight is 285 g/mol. The largest absolute Gasteiger partial charge is 0.502 e. The van der Waals surface area contributed by atoms with Crippen molar-refractivity contribution in [2.24, 2.45) is 5.10 Å². The number of rotatable bonds is 4. The van der Waals surface area contributed by atoms with Crippen LogP contribution in [0.4, 0.5) is 16.2 Å². The van der Waals surface area contributed by atoms with E-state index in [1.165, 1.54) is 5.48 Å². The van der Waals surface area contributed by atoms with Gasteiger partial charge < -0.3 is 5.11 Å². The normalized spacial score (nSPS) is 10.2. The van der Waals surface area contributed by atoms with E-state index in [0.717, 1.165) is 12.3 Å². The summed E-state index contributed by atoms with van der Waals surface area (Å²) in [5, 5.41) is 42.2. The number of non-ortho nitro benzene ring substituents is 1. The van der Waals surface area contributed by atoms with Crippen LogP contribution in [-0.2, 0) is 0 Å². The predicted octanol–water partition coefficient (Wildman–Crippen LogP) is 0.231. The van der Waals surface area contributed by atoms with Crippen LogP contribution in [0.2, 0.25) is 0 Å². The van der Waals surface area contributed by atoms with Crippen LogP contribution >= 0.6 is 0 Å². The van der Waals surface area contributed by atoms with Crippen molar-refractivity contribution in [1.82, 2.24) is 10.9 Å². The molecule has 0 fully saturated rings. The Hall–Kier alpha value is -3.28. The molecule has 0 atom stereocenters. The fourth-order valence-corrected chi connectivity index (χ4v) is 1.15. The maximum Gasteiger partial charge on any atom is 0.358 e. The second-order valence-corrected chi connectivity index (χ2v) is 3.23. The molecule has 0 heterocycles. The van der Waals surface area contributed by atoms with Crippen LogP contribution in [0.5, 0.6) is 5.75 Å². The van der Waals surface area contributed by atoms with E-state index in [-0.39, 0.29) is 5.56 Å². The zero-order valence-electron chi connectivity index (χ0n) is 9.51. The number of phenols is 1. The quantitative estimate of drug-likeness (QED) is 0.264. The highest BCUT2D eigenvalue weighted by Crippen LogP contribution is 2.33. The average Bonchev–Trinajstić information content (AvgIpc) is 2.39. The molecule has 20 heavy (non-hydrogen) atoms. The number of amides is 2. The molecule has 12 nitrogen and oxygen atoms in total. The highest BCUT2D eigenvalue weighted by atomic mass is 16.6. The minimum atomic E-state index is -1.11. The van der Waals surface area contributed by atoms with E-state index in [2.05, 4.69) is 5.10 Å². The highest BCUT2D eigenvalue weighted by Gasteiger charge is 2.23. The van der Waals surface area contributed by atoms with Crippen LogP contribution in [0, 0.1) is 20.2 Å². The number of benzene rings is 1. The van der Waals surface area contributed by atoms with E-state index in [1.807, 2.05) is 0 Å². The van der Waals surface area contributed by atoms with Crippen LogP contribution in [0.1, 0.15) is 5.56 Å². The molecule has 0 spiro atoms. The van der Waals surface area contributed by atoms with Crippen molar-refractivity contribution in [1.29, 1.82) is 0 Å². The number of hydroxylamine groups is 1. The fraction of sp³-hybridized carbons (Fsp3) is 0. The van der Waals surface area contributed by atoms with Gasteiger partial charge in [-0.05, 0) is 0 Å². The smallest absolute Gasteiger partial charge is 0.358 e. The Morgan fingerprint density at radius 3 is 2.45 bits per heavy atom. The van der Waals surface area contributed by atoms with E-state index in [1.54, 1.807) is 5.43 Å². The number of urea groups is 1. The minimum absolute atomic E-state index is 0.357. The van der Waals surface area contributed by atoms with Gasteiger partial charge in [-0.3, -0.25) is 25.4 Å². The first-order valence-corrected chi connectivity index (χ1v) is 4.75. The Kier molecular flexibility index (Phi) is 4.47. The lowest BCUT2D eigenvalue weighted by molar-refractivity contribution is -0.394. The Morgan fingerprint density at radius 1 is 1.30 bits per heavy atom. The summed E-state index contributed by atoms with van der Waals surface area (Å²) in [6, 6.07) is 0.297. The summed E-state index contributed by atoms with van der Waals surface area (Å²) in [6.07, 6.45) is 0.741. The van der Waals surface area contributed by atoms with Gasteiger partial charge in [0.05, 0.1) is 27.7 Å². The van der Waals surface area contributed by atoms with E-state index in [0.29, 0.717) is 6.07 Å². The predicted molar refractivity (Wildman–Crippen MR) is 62.5 cm³/mol. The molecular formula is C8H7N5O7. The van der Waals surface area contributed by atoms with Gasteiger partial charge in [-0.1, -0.05) is 0 Å². The van der Waals surface area contributed by atoms with Crippen LogP contribution in [0.3, 0.4) is 0 Å². The zero-order valence-corrected chi connectivity index (χ0v) is 9.51. The van der Waals surface area contributed by atoms with Crippen LogP contribution in [-0.4, -0.2) is 32.4 Å². The number of phenolic OH excluding ortho intramolecular Hbond substituents is 1. The number of nitrogens with one attached hydrogen (secondary N) is 2. The molecule has 0 aliphatic carbocycles. The van der Waals surface area contributed by atoms with Gasteiger partial charge in [0.1, 0.15) is 0 Å². The summed E-state index contributed by atoms with van der Waals surface area (Å²) in [4.78, 5) is 29.9. The lowest BCUT2D eigenvalue weighted by Gasteiger charge is -2.01. The van der Waals surface area contributed by atoms with E-state index in [4.69, 9.17) is 5.21 Å². The highest BCUT2D eigenvalue weighted by molar-refractivity contribution is 5.88. The molecule has 1 aromatic carbocycles. The Labute approximate surface area is 109 Å². The maximum atomic E-state index is 10.6. The number of nitro benzene ring substituents is 2. The van der Waals surface area contributed by atoms with Gasteiger partial charge in [-0.25, -0.2) is 15.7 Å². The third-order valence-corrected chi connectivity index (χ3v) is 1.98. The summed E-state index contributed by atoms with van der Waals surface area (Å²) in [5.41, 5.74) is 1.03. The van der Waals surface area contributed by atoms with Crippen molar-refractivity contribution in [3.8, 4) is 5.75 Å². The number of nitrogens with zero attached hydrogens (tertiary/aromatic N) is 3. The lowest BCUT2D eigenvalue weighted by atomic mass is 10.1. The second-order valence-electron chi connectivity index (χ2n) is 3.23. The summed E-state index contributed by atoms with van der Waals surface area (Å²) < 4.78 is 0. The maximum absolute atomic E-state index is 10.6. The number of carbonyl (C=O) groups excluding carboxylic acids is 1. The SMILES string of the molecule is O=C(NO)N/N=C/c1cc([N+](=O)[O-])cc([N+](=O)[O-])c1O. The first-order valence-electron chi connectivity index (χ1n) is 4.75. The molecule has 0 aromatic heterocycles. The molecule has 0 bridgehead atoms. The Bertz CT molecular complexity index is 599. The molecule has 12 heteroatoms. The molecule has 106 valence electrons. The van der Waals surface area contributed by atoms with E-state index in [9.17, 15) is 30.1 Å². The van der Waals surface area contributed by atoms with Crippen molar-refractivity contribution in [2.45, 2.75) is 0 Å². The lowest BCUT2D eigenvalue weighted by Crippen LogP contribution is -2.29. The number of carbonyl (C=O) groups is 1. The second kappa shape index (κ2) is 6.05. The van der Waals surface area contributed by atoms with Gasteiger partial charge in [-0.2, -0.15) is 5.10 Å². The van der Waals surface area contributed by atoms with Crippen LogP contribution in [0.25, 0.3) is 0 Å². The molecular weight excluding hydrogens is 278 g/mol.